The van der Waals surface area contributed by atoms with Crippen LogP contribution in [0.15, 0.2) is 125 Å². The molecular formula is C53H60ClN3O12S. The highest BCUT2D eigenvalue weighted by Gasteiger charge is 2.65. The van der Waals surface area contributed by atoms with Crippen molar-refractivity contribution in [2.24, 2.45) is 22.9 Å². The van der Waals surface area contributed by atoms with Gasteiger partial charge in [-0.15, -0.1) is 29.9 Å². The van der Waals surface area contributed by atoms with Gasteiger partial charge >= 0.3 is 6.09 Å². The van der Waals surface area contributed by atoms with Crippen molar-refractivity contribution in [2.45, 2.75) is 80.7 Å². The topological polar surface area (TPSA) is 181 Å². The van der Waals surface area contributed by atoms with Gasteiger partial charge < -0.3 is 43.5 Å². The number of carbonyl (C=O) groups excluding carboxylic acids is 1. The lowest BCUT2D eigenvalue weighted by atomic mass is 9.55. The van der Waals surface area contributed by atoms with Gasteiger partial charge in [-0.25, -0.2) is 4.79 Å². The number of fused-ring (bicyclic) bond motifs is 3. The molecule has 0 saturated heterocycles. The number of nitrogens with zero attached hydrogens (tertiary/aromatic N) is 3. The molecule has 4 aromatic rings. The third-order valence-electron chi connectivity index (χ3n) is 13.3. The Kier molecular flexibility index (Phi) is 17.6. The summed E-state index contributed by atoms with van der Waals surface area (Å²) in [5.74, 6) is 0.696. The molecule has 1 fully saturated rings. The van der Waals surface area contributed by atoms with E-state index in [0.717, 1.165) is 53.0 Å². The van der Waals surface area contributed by atoms with Crippen LogP contribution in [0, 0.1) is 27.9 Å². The molecule has 70 heavy (non-hydrogen) atoms. The van der Waals surface area contributed by atoms with Crippen LogP contribution in [0.25, 0.3) is 0 Å². The number of thioether (sulfide) groups is 1. The fourth-order valence-corrected chi connectivity index (χ4v) is 11.0. The molecule has 1 saturated carbocycles. The zero-order chi connectivity index (χ0) is 48.9. The average Bonchev–Trinajstić information content (AvgIpc) is 3.85. The number of hydrogen-bond acceptors (Lipinski definition) is 14. The Morgan fingerprint density at radius 2 is 1.70 bits per heavy atom. The molecule has 6 unspecified atom stereocenters. The molecule has 0 radical (unpaired) electrons. The molecule has 0 spiro atoms. The zero-order valence-electron chi connectivity index (χ0n) is 39.0. The smallest absolute Gasteiger partial charge is 0.410 e. The van der Waals surface area contributed by atoms with E-state index in [4.69, 9.17) is 50.0 Å². The molecule has 8 rings (SSSR count). The van der Waals surface area contributed by atoms with Crippen molar-refractivity contribution in [3.8, 4) is 23.0 Å². The third-order valence-corrected chi connectivity index (χ3v) is 14.4. The minimum atomic E-state index is -1.56. The summed E-state index contributed by atoms with van der Waals surface area (Å²) in [5.41, 5.74) is 3.69. The number of hydrogen-bond donors (Lipinski definition) is 2. The second-order valence-electron chi connectivity index (χ2n) is 17.6. The Balaban J connectivity index is 1.28. The Hall–Kier alpha value is -5.78. The Morgan fingerprint density at radius 1 is 0.943 bits per heavy atom. The maximum absolute atomic E-state index is 14.8. The minimum Gasteiger partial charge on any atom is -0.493 e. The molecule has 372 valence electrons. The summed E-state index contributed by atoms with van der Waals surface area (Å²) in [6, 6.07) is 26.8. The first-order valence-electron chi connectivity index (χ1n) is 23.9. The molecule has 17 heteroatoms. The fourth-order valence-electron chi connectivity index (χ4n) is 10.2. The van der Waals surface area contributed by atoms with Gasteiger partial charge in [-0.05, 0) is 109 Å². The fraction of sp³-hybridized carbons (Fsp3) is 0.434. The Bertz CT molecular complexity index is 2480. The van der Waals surface area contributed by atoms with Crippen LogP contribution in [0.1, 0.15) is 67.6 Å². The van der Waals surface area contributed by atoms with E-state index in [1.165, 1.54) is 12.1 Å². The van der Waals surface area contributed by atoms with Gasteiger partial charge in [-0.2, -0.15) is 0 Å². The largest absolute Gasteiger partial charge is 0.493 e. The van der Waals surface area contributed by atoms with Gasteiger partial charge in [0.2, 0.25) is 12.6 Å². The Labute approximate surface area is 417 Å². The van der Waals surface area contributed by atoms with Crippen molar-refractivity contribution in [2.75, 3.05) is 51.5 Å². The number of non-ortho nitro benzene ring substituents is 1. The molecule has 6 atom stereocenters. The summed E-state index contributed by atoms with van der Waals surface area (Å²) in [6.45, 7) is 4.75. The molecule has 2 heterocycles. The van der Waals surface area contributed by atoms with Crippen LogP contribution in [0.2, 0.25) is 0 Å². The number of rotatable bonds is 25. The maximum atomic E-state index is 14.8. The minimum absolute atomic E-state index is 0.00811. The number of unbranched alkanes of at least 4 members (excludes halogenated alkanes) is 2. The van der Waals surface area contributed by atoms with E-state index in [1.807, 2.05) is 48.5 Å². The number of benzene rings is 4. The number of aliphatic hydroxyl groups is 2. The number of nitro groups is 1. The summed E-state index contributed by atoms with van der Waals surface area (Å²) in [6.07, 6.45) is 7.65. The normalized spacial score (nSPS) is 22.2. The van der Waals surface area contributed by atoms with E-state index in [1.54, 1.807) is 34.9 Å². The number of allylic oxidation sites excluding steroid dienone is 1. The standard InChI is InChI=1S/C53H60ClN3O12S/c1-2-25-67-53-49(56(52(60)64-26-22-54)33-37-16-20-47-48(29-37)66-35-65-47)32-45(55-68-34-36-14-17-39(18-15-36)57(61)62)43-30-38(10-6-8-23-58)42(13-7-9-24-59)50(51(43)53)44-31-40(19-21-46(44)69-53)63-27-28-70-41-11-4-3-5-12-41/h2-5,11-12,14-21,29-31,38,42,49-51,58-59H,1,6-10,13,22-28,32-35H2. The number of amides is 1. The highest BCUT2D eigenvalue weighted by atomic mass is 35.5. The molecule has 0 aromatic heterocycles. The van der Waals surface area contributed by atoms with Crippen molar-refractivity contribution in [3.63, 3.8) is 0 Å². The van der Waals surface area contributed by atoms with Gasteiger partial charge in [0.05, 0.1) is 35.6 Å². The first-order chi connectivity index (χ1) is 34.3. The van der Waals surface area contributed by atoms with Crippen LogP contribution in [-0.2, 0) is 27.5 Å². The van der Waals surface area contributed by atoms with Gasteiger partial charge in [0.15, 0.2) is 11.5 Å². The van der Waals surface area contributed by atoms with Crippen LogP contribution in [0.3, 0.4) is 0 Å². The number of ether oxygens (including phenoxy) is 6. The van der Waals surface area contributed by atoms with Crippen LogP contribution in [0.4, 0.5) is 10.5 Å². The summed E-state index contributed by atoms with van der Waals surface area (Å²) < 4.78 is 38.3. The Morgan fingerprint density at radius 3 is 2.46 bits per heavy atom. The molecular weight excluding hydrogens is 938 g/mol. The number of oxime groups is 1. The molecule has 2 N–H and O–H groups in total. The van der Waals surface area contributed by atoms with E-state index in [-0.39, 0.29) is 82.1 Å². The number of aliphatic hydroxyl groups excluding tert-OH is 2. The quantitative estimate of drug-likeness (QED) is 0.0160. The first-order valence-corrected chi connectivity index (χ1v) is 25.4. The zero-order valence-corrected chi connectivity index (χ0v) is 40.6. The first kappa shape index (κ1) is 50.6. The van der Waals surface area contributed by atoms with Gasteiger partial charge in [0, 0.05) is 60.4 Å². The predicted octanol–water partition coefficient (Wildman–Crippen LogP) is 10.2. The highest BCUT2D eigenvalue weighted by molar-refractivity contribution is 7.99. The maximum Gasteiger partial charge on any atom is 0.410 e. The SMILES string of the molecule is C=CCOC12Oc3ccc(OCCSc4ccccc4)cc3C3C(CCCCO)C(CCCCO)C=C(C(=NOCc4ccc([N+](=O)[O-])cc4)CC1N(Cc1ccc4c(c1)OCO4)C(=O)OCCCl)C32. The molecule has 2 aliphatic heterocycles. The highest BCUT2D eigenvalue weighted by Crippen LogP contribution is 2.62. The average molecular weight is 999 g/mol. The number of alkyl halides is 1. The van der Waals surface area contributed by atoms with Gasteiger partial charge in [0.25, 0.3) is 5.69 Å². The second-order valence-corrected chi connectivity index (χ2v) is 19.1. The van der Waals surface area contributed by atoms with Crippen LogP contribution >= 0.6 is 23.4 Å². The molecule has 4 aliphatic rings. The lowest BCUT2D eigenvalue weighted by molar-refractivity contribution is -0.384. The van der Waals surface area contributed by atoms with Crippen molar-refractivity contribution in [3.05, 3.63) is 142 Å². The van der Waals surface area contributed by atoms with Crippen LogP contribution in [-0.4, -0.2) is 95.1 Å². The van der Waals surface area contributed by atoms with E-state index >= 15 is 0 Å². The van der Waals surface area contributed by atoms with E-state index in [9.17, 15) is 25.1 Å². The van der Waals surface area contributed by atoms with Crippen molar-refractivity contribution >= 4 is 40.9 Å². The summed E-state index contributed by atoms with van der Waals surface area (Å²) in [4.78, 5) is 34.7. The van der Waals surface area contributed by atoms with Crippen molar-refractivity contribution in [1.82, 2.24) is 4.90 Å². The van der Waals surface area contributed by atoms with E-state index in [2.05, 4.69) is 30.9 Å². The predicted molar refractivity (Wildman–Crippen MR) is 266 cm³/mol. The van der Waals surface area contributed by atoms with Crippen molar-refractivity contribution in [1.29, 1.82) is 0 Å². The van der Waals surface area contributed by atoms with E-state index in [0.29, 0.717) is 53.7 Å². The second kappa shape index (κ2) is 24.4. The number of carbonyl (C=O) groups is 1. The lowest BCUT2D eigenvalue weighted by Gasteiger charge is -2.59. The van der Waals surface area contributed by atoms with Gasteiger partial charge in [-0.3, -0.25) is 15.0 Å². The number of nitro benzene ring substituents is 1. The molecule has 2 aliphatic carbocycles. The lowest BCUT2D eigenvalue weighted by Crippen LogP contribution is -2.70. The van der Waals surface area contributed by atoms with Gasteiger partial charge in [-0.1, -0.05) is 54.4 Å². The summed E-state index contributed by atoms with van der Waals surface area (Å²) in [5, 5.41) is 36.4. The molecule has 15 nitrogen and oxygen atoms in total. The van der Waals surface area contributed by atoms with Crippen molar-refractivity contribution < 1.29 is 53.2 Å². The monoisotopic (exact) mass is 997 g/mol. The third kappa shape index (κ3) is 11.7. The summed E-state index contributed by atoms with van der Waals surface area (Å²) >= 11 is 7.86. The van der Waals surface area contributed by atoms with E-state index < -0.39 is 28.8 Å². The molecule has 0 bridgehead atoms. The molecule has 4 aromatic carbocycles. The van der Waals surface area contributed by atoms with Gasteiger partial charge in [0.1, 0.15) is 30.8 Å². The number of halogens is 1. The van der Waals surface area contributed by atoms with Crippen LogP contribution < -0.4 is 18.9 Å². The summed E-state index contributed by atoms with van der Waals surface area (Å²) in [7, 11) is 0. The molecule has 1 amide bonds. The van der Waals surface area contributed by atoms with Crippen LogP contribution in [0.5, 0.6) is 23.0 Å².